The molecule has 0 amide bonds. The highest BCUT2D eigenvalue weighted by Gasteiger charge is 2.22. The number of fused-ring (bicyclic) bond motifs is 2. The molecule has 1 aliphatic rings. The SMILES string of the molecule is Cc1c(Oc2ccn3c(C)cnc3c2)ccc(Nc2ncnc3ccc(N4CCN[C@H](C)C4)c(F)c23)c1F. The first kappa shape index (κ1) is 24.1. The Morgan fingerprint density at radius 3 is 2.76 bits per heavy atom. The van der Waals surface area contributed by atoms with Gasteiger partial charge in [-0.05, 0) is 51.1 Å². The maximum atomic E-state index is 15.8. The topological polar surface area (TPSA) is 79.6 Å². The molecule has 6 rings (SSSR count). The second kappa shape index (κ2) is 9.53. The summed E-state index contributed by atoms with van der Waals surface area (Å²) in [6.45, 7) is 7.80. The molecule has 194 valence electrons. The van der Waals surface area contributed by atoms with Crippen LogP contribution < -0.4 is 20.3 Å². The summed E-state index contributed by atoms with van der Waals surface area (Å²) < 4.78 is 39.3. The first-order chi connectivity index (χ1) is 18.4. The molecule has 8 nitrogen and oxygen atoms in total. The fourth-order valence-electron chi connectivity index (χ4n) is 4.87. The standard InChI is InChI=1S/C28H27F2N7O/c1-16-14-36(11-9-31-16)22-6-4-20-25(27(22)30)28(34-15-33-20)35-21-5-7-23(18(3)26(21)29)38-19-8-10-37-17(2)13-32-24(37)12-19/h4-8,10,12-13,15-16,31H,9,11,14H2,1-3H3,(H,33,34,35)/t16-/m1/s1. The zero-order valence-electron chi connectivity index (χ0n) is 21.3. The minimum absolute atomic E-state index is 0.162. The van der Waals surface area contributed by atoms with Crippen LogP contribution in [0.25, 0.3) is 16.6 Å². The highest BCUT2D eigenvalue weighted by Crippen LogP contribution is 2.35. The summed E-state index contributed by atoms with van der Waals surface area (Å²) in [5, 5.41) is 6.57. The van der Waals surface area contributed by atoms with Crippen LogP contribution in [0.4, 0.5) is 26.0 Å². The van der Waals surface area contributed by atoms with Gasteiger partial charge in [0.1, 0.15) is 29.3 Å². The van der Waals surface area contributed by atoms with E-state index in [1.807, 2.05) is 22.4 Å². The summed E-state index contributed by atoms with van der Waals surface area (Å²) in [6.07, 6.45) is 4.97. The molecule has 0 radical (unpaired) electrons. The van der Waals surface area contributed by atoms with Crippen LogP contribution >= 0.6 is 0 Å². The van der Waals surface area contributed by atoms with Gasteiger partial charge in [-0.1, -0.05) is 0 Å². The molecule has 38 heavy (non-hydrogen) atoms. The molecule has 2 aromatic carbocycles. The van der Waals surface area contributed by atoms with Crippen molar-refractivity contribution in [3.8, 4) is 11.5 Å². The van der Waals surface area contributed by atoms with Crippen molar-refractivity contribution >= 4 is 33.7 Å². The Morgan fingerprint density at radius 1 is 1.05 bits per heavy atom. The van der Waals surface area contributed by atoms with Gasteiger partial charge in [0.15, 0.2) is 11.6 Å². The number of rotatable bonds is 5. The summed E-state index contributed by atoms with van der Waals surface area (Å²) in [4.78, 5) is 14.8. The number of halogens is 2. The van der Waals surface area contributed by atoms with Crippen molar-refractivity contribution in [2.45, 2.75) is 26.8 Å². The van der Waals surface area contributed by atoms with Gasteiger partial charge in [-0.15, -0.1) is 0 Å². The first-order valence-electron chi connectivity index (χ1n) is 12.5. The third-order valence-electron chi connectivity index (χ3n) is 6.92. The number of imidazole rings is 1. The van der Waals surface area contributed by atoms with Crippen LogP contribution in [-0.2, 0) is 0 Å². The molecule has 2 N–H and O–H groups in total. The lowest BCUT2D eigenvalue weighted by atomic mass is 10.1. The Hall–Kier alpha value is -4.31. The Bertz CT molecular complexity index is 1670. The molecule has 5 aromatic rings. The first-order valence-corrected chi connectivity index (χ1v) is 12.5. The summed E-state index contributed by atoms with van der Waals surface area (Å²) in [5.74, 6) is 0.171. The van der Waals surface area contributed by atoms with E-state index in [0.29, 0.717) is 41.4 Å². The third-order valence-corrected chi connectivity index (χ3v) is 6.92. The fraction of sp³-hybridized carbons (Fsp3) is 0.250. The van der Waals surface area contributed by atoms with Crippen LogP contribution in [0.2, 0.25) is 0 Å². The van der Waals surface area contributed by atoms with Crippen LogP contribution in [0, 0.1) is 25.5 Å². The second-order valence-electron chi connectivity index (χ2n) is 9.58. The Kier molecular flexibility index (Phi) is 6.03. The van der Waals surface area contributed by atoms with Crippen molar-refractivity contribution in [3.63, 3.8) is 0 Å². The molecule has 0 saturated carbocycles. The summed E-state index contributed by atoms with van der Waals surface area (Å²) in [5.41, 5.74) is 3.14. The maximum absolute atomic E-state index is 15.8. The Labute approximate surface area is 218 Å². The van der Waals surface area contributed by atoms with Crippen LogP contribution in [0.1, 0.15) is 18.2 Å². The zero-order chi connectivity index (χ0) is 26.4. The van der Waals surface area contributed by atoms with Crippen molar-refractivity contribution in [1.29, 1.82) is 0 Å². The Morgan fingerprint density at radius 2 is 1.92 bits per heavy atom. The quantitative estimate of drug-likeness (QED) is 0.320. The zero-order valence-corrected chi connectivity index (χ0v) is 21.3. The largest absolute Gasteiger partial charge is 0.457 e. The van der Waals surface area contributed by atoms with E-state index in [-0.39, 0.29) is 22.9 Å². The van der Waals surface area contributed by atoms with Gasteiger partial charge >= 0.3 is 0 Å². The van der Waals surface area contributed by atoms with E-state index in [1.54, 1.807) is 49.5 Å². The summed E-state index contributed by atoms with van der Waals surface area (Å²) >= 11 is 0. The molecule has 0 aliphatic carbocycles. The summed E-state index contributed by atoms with van der Waals surface area (Å²) in [6, 6.07) is 10.6. The molecular formula is C28H27F2N7O. The van der Waals surface area contributed by atoms with E-state index < -0.39 is 11.6 Å². The monoisotopic (exact) mass is 515 g/mol. The molecule has 0 spiro atoms. The number of ether oxygens (including phenoxy) is 1. The molecule has 1 saturated heterocycles. The minimum Gasteiger partial charge on any atom is -0.457 e. The normalized spacial score (nSPS) is 15.8. The van der Waals surface area contributed by atoms with E-state index in [2.05, 4.69) is 32.5 Å². The third kappa shape index (κ3) is 4.26. The van der Waals surface area contributed by atoms with Crippen molar-refractivity contribution in [3.05, 3.63) is 78.0 Å². The number of hydrogen-bond donors (Lipinski definition) is 2. The minimum atomic E-state index is -0.514. The predicted octanol–water partition coefficient (Wildman–Crippen LogP) is 5.51. The lowest BCUT2D eigenvalue weighted by Crippen LogP contribution is -2.49. The van der Waals surface area contributed by atoms with Crippen LogP contribution in [0.15, 0.2) is 55.1 Å². The van der Waals surface area contributed by atoms with Crippen molar-refractivity contribution in [2.24, 2.45) is 0 Å². The average molecular weight is 516 g/mol. The highest BCUT2D eigenvalue weighted by atomic mass is 19.1. The number of anilines is 3. The molecule has 0 unspecified atom stereocenters. The number of nitrogens with zero attached hydrogens (tertiary/aromatic N) is 5. The van der Waals surface area contributed by atoms with Crippen LogP contribution in [0.5, 0.6) is 11.5 Å². The van der Waals surface area contributed by atoms with E-state index in [1.165, 1.54) is 6.33 Å². The van der Waals surface area contributed by atoms with E-state index in [0.717, 1.165) is 17.9 Å². The van der Waals surface area contributed by atoms with Gasteiger partial charge in [-0.2, -0.15) is 0 Å². The lowest BCUT2D eigenvalue weighted by Gasteiger charge is -2.34. The molecule has 0 bridgehead atoms. The predicted molar refractivity (Wildman–Crippen MR) is 144 cm³/mol. The molecule has 3 aromatic heterocycles. The van der Waals surface area contributed by atoms with Gasteiger partial charge < -0.3 is 24.7 Å². The number of piperazine rings is 1. The highest BCUT2D eigenvalue weighted by molar-refractivity contribution is 5.94. The number of nitrogens with one attached hydrogen (secondary N) is 2. The number of pyridine rings is 1. The maximum Gasteiger partial charge on any atom is 0.159 e. The smallest absolute Gasteiger partial charge is 0.159 e. The lowest BCUT2D eigenvalue weighted by molar-refractivity contribution is 0.471. The molecule has 1 fully saturated rings. The number of benzene rings is 2. The van der Waals surface area contributed by atoms with Crippen molar-refractivity contribution in [2.75, 3.05) is 29.9 Å². The van der Waals surface area contributed by atoms with Gasteiger partial charge in [0, 0.05) is 55.4 Å². The fourth-order valence-corrected chi connectivity index (χ4v) is 4.87. The molecule has 10 heteroatoms. The van der Waals surface area contributed by atoms with E-state index in [4.69, 9.17) is 4.74 Å². The molecular weight excluding hydrogens is 488 g/mol. The van der Waals surface area contributed by atoms with Crippen molar-refractivity contribution in [1.82, 2.24) is 24.7 Å². The molecule has 1 atom stereocenters. The van der Waals surface area contributed by atoms with Gasteiger partial charge in [0.25, 0.3) is 0 Å². The van der Waals surface area contributed by atoms with E-state index in [9.17, 15) is 0 Å². The number of hydrogen-bond acceptors (Lipinski definition) is 7. The van der Waals surface area contributed by atoms with Crippen molar-refractivity contribution < 1.29 is 13.5 Å². The van der Waals surface area contributed by atoms with Gasteiger partial charge in [-0.25, -0.2) is 23.7 Å². The molecule has 1 aliphatic heterocycles. The number of aryl methyl sites for hydroxylation is 1. The second-order valence-corrected chi connectivity index (χ2v) is 9.58. The van der Waals surface area contributed by atoms with Gasteiger partial charge in [-0.3, -0.25) is 0 Å². The van der Waals surface area contributed by atoms with Gasteiger partial charge in [0.2, 0.25) is 0 Å². The Balaban J connectivity index is 1.31. The number of aromatic nitrogens is 4. The van der Waals surface area contributed by atoms with Crippen LogP contribution in [-0.4, -0.2) is 45.0 Å². The van der Waals surface area contributed by atoms with Gasteiger partial charge in [0.05, 0.1) is 22.3 Å². The summed E-state index contributed by atoms with van der Waals surface area (Å²) in [7, 11) is 0. The molecule has 4 heterocycles. The average Bonchev–Trinajstić information content (AvgIpc) is 3.28. The van der Waals surface area contributed by atoms with E-state index >= 15 is 8.78 Å². The van der Waals surface area contributed by atoms with Crippen LogP contribution in [0.3, 0.4) is 0 Å².